The molecule has 1 amide bonds. The predicted octanol–water partition coefficient (Wildman–Crippen LogP) is 4.61. The summed E-state index contributed by atoms with van der Waals surface area (Å²) < 4.78 is 0.935. The largest absolute Gasteiger partial charge is 0.359 e. The van der Waals surface area contributed by atoms with Crippen molar-refractivity contribution in [3.63, 3.8) is 0 Å². The first-order chi connectivity index (χ1) is 10.9. The fourth-order valence-corrected chi connectivity index (χ4v) is 2.28. The first-order valence-corrected chi connectivity index (χ1v) is 7.84. The van der Waals surface area contributed by atoms with Crippen LogP contribution in [0.2, 0.25) is 0 Å². The molecule has 0 radical (unpaired) electrons. The van der Waals surface area contributed by atoms with Crippen LogP contribution in [0.1, 0.15) is 23.7 Å². The number of carbonyl (C=O) groups excluding carboxylic acids is 2. The molecule has 2 aromatic rings. The standard InChI is InChI=1S/C18H17BrN2O2/c1-12(11-18(23)14-3-5-15(19)6-4-14)20-16-7-9-17(10-8-16)21-13(2)22/h3-10,20H,1,11H2,2H3,(H,21,22). The zero-order valence-corrected chi connectivity index (χ0v) is 14.3. The summed E-state index contributed by atoms with van der Waals surface area (Å²) in [5.41, 5.74) is 2.80. The van der Waals surface area contributed by atoms with Crippen molar-refractivity contribution in [2.24, 2.45) is 0 Å². The van der Waals surface area contributed by atoms with Gasteiger partial charge < -0.3 is 10.6 Å². The minimum Gasteiger partial charge on any atom is -0.359 e. The highest BCUT2D eigenvalue weighted by Gasteiger charge is 2.08. The van der Waals surface area contributed by atoms with E-state index in [4.69, 9.17) is 0 Å². The molecular weight excluding hydrogens is 356 g/mol. The van der Waals surface area contributed by atoms with Gasteiger partial charge in [0.1, 0.15) is 0 Å². The van der Waals surface area contributed by atoms with Crippen LogP contribution < -0.4 is 10.6 Å². The second kappa shape index (κ2) is 7.74. The monoisotopic (exact) mass is 372 g/mol. The van der Waals surface area contributed by atoms with Crippen LogP contribution in [-0.2, 0) is 4.79 Å². The number of ketones is 1. The topological polar surface area (TPSA) is 58.2 Å². The molecule has 0 aliphatic rings. The summed E-state index contributed by atoms with van der Waals surface area (Å²) in [6.07, 6.45) is 0.217. The van der Waals surface area contributed by atoms with E-state index in [1.807, 2.05) is 24.3 Å². The third kappa shape index (κ3) is 5.38. The van der Waals surface area contributed by atoms with Crippen LogP contribution in [0.25, 0.3) is 0 Å². The maximum Gasteiger partial charge on any atom is 0.221 e. The molecule has 0 aliphatic heterocycles. The van der Waals surface area contributed by atoms with Gasteiger partial charge in [-0.1, -0.05) is 34.6 Å². The van der Waals surface area contributed by atoms with E-state index in [9.17, 15) is 9.59 Å². The molecule has 0 aromatic heterocycles. The Hall–Kier alpha value is -2.40. The highest BCUT2D eigenvalue weighted by molar-refractivity contribution is 9.10. The number of halogens is 1. The zero-order valence-electron chi connectivity index (χ0n) is 12.7. The van der Waals surface area contributed by atoms with Gasteiger partial charge in [-0.15, -0.1) is 0 Å². The zero-order chi connectivity index (χ0) is 16.8. The molecule has 118 valence electrons. The number of hydrogen-bond acceptors (Lipinski definition) is 3. The Morgan fingerprint density at radius 1 is 0.957 bits per heavy atom. The lowest BCUT2D eigenvalue weighted by Gasteiger charge is -2.10. The SMILES string of the molecule is C=C(CC(=O)c1ccc(Br)cc1)Nc1ccc(NC(C)=O)cc1. The number of hydrogen-bond donors (Lipinski definition) is 2. The minimum absolute atomic E-state index is 0.00451. The summed E-state index contributed by atoms with van der Waals surface area (Å²) in [5.74, 6) is -0.111. The Morgan fingerprint density at radius 2 is 1.48 bits per heavy atom. The third-order valence-electron chi connectivity index (χ3n) is 3.07. The molecule has 0 spiro atoms. The number of anilines is 2. The molecule has 5 heteroatoms. The van der Waals surface area contributed by atoms with E-state index in [0.717, 1.165) is 15.8 Å². The summed E-state index contributed by atoms with van der Waals surface area (Å²) in [7, 11) is 0. The Balaban J connectivity index is 1.92. The Morgan fingerprint density at radius 3 is 2.00 bits per heavy atom. The summed E-state index contributed by atoms with van der Waals surface area (Å²) in [6, 6.07) is 14.4. The molecule has 2 rings (SSSR count). The molecule has 0 saturated carbocycles. The van der Waals surface area contributed by atoms with Gasteiger partial charge in [0.15, 0.2) is 5.78 Å². The second-order valence-electron chi connectivity index (χ2n) is 5.09. The normalized spacial score (nSPS) is 10.0. The van der Waals surface area contributed by atoms with E-state index < -0.39 is 0 Å². The lowest BCUT2D eigenvalue weighted by molar-refractivity contribution is -0.114. The Labute approximate surface area is 143 Å². The molecule has 0 bridgehead atoms. The number of carbonyl (C=O) groups is 2. The van der Waals surface area contributed by atoms with Crippen LogP contribution in [-0.4, -0.2) is 11.7 Å². The molecule has 0 atom stereocenters. The van der Waals surface area contributed by atoms with Crippen LogP contribution in [0.4, 0.5) is 11.4 Å². The number of nitrogens with one attached hydrogen (secondary N) is 2. The van der Waals surface area contributed by atoms with E-state index in [-0.39, 0.29) is 18.1 Å². The molecule has 23 heavy (non-hydrogen) atoms. The van der Waals surface area contributed by atoms with E-state index in [0.29, 0.717) is 11.3 Å². The van der Waals surface area contributed by atoms with Gasteiger partial charge in [-0.2, -0.15) is 0 Å². The van der Waals surface area contributed by atoms with Crippen LogP contribution in [0.3, 0.4) is 0 Å². The fraction of sp³-hybridized carbons (Fsp3) is 0.111. The van der Waals surface area contributed by atoms with E-state index in [2.05, 4.69) is 33.1 Å². The number of Topliss-reactive ketones (excluding diaryl/α,β-unsaturated/α-hetero) is 1. The summed E-state index contributed by atoms with van der Waals surface area (Å²) >= 11 is 3.34. The Bertz CT molecular complexity index is 722. The first kappa shape index (κ1) is 17.0. The van der Waals surface area contributed by atoms with Crippen molar-refractivity contribution in [1.29, 1.82) is 0 Å². The highest BCUT2D eigenvalue weighted by Crippen LogP contribution is 2.18. The summed E-state index contributed by atoms with van der Waals surface area (Å²) in [5, 5.41) is 5.79. The van der Waals surface area contributed by atoms with Gasteiger partial charge in [0.2, 0.25) is 5.91 Å². The van der Waals surface area contributed by atoms with Gasteiger partial charge in [-0.05, 0) is 36.4 Å². The van der Waals surface area contributed by atoms with Crippen molar-refractivity contribution in [3.8, 4) is 0 Å². The summed E-state index contributed by atoms with van der Waals surface area (Å²) in [6.45, 7) is 5.35. The van der Waals surface area contributed by atoms with Crippen LogP contribution >= 0.6 is 15.9 Å². The molecule has 4 nitrogen and oxygen atoms in total. The lowest BCUT2D eigenvalue weighted by Crippen LogP contribution is -2.07. The molecule has 2 aromatic carbocycles. The van der Waals surface area contributed by atoms with E-state index in [1.54, 1.807) is 24.3 Å². The van der Waals surface area contributed by atoms with Gasteiger partial charge in [0.25, 0.3) is 0 Å². The van der Waals surface area contributed by atoms with Crippen LogP contribution in [0.15, 0.2) is 65.3 Å². The molecule has 0 heterocycles. The predicted molar refractivity (Wildman–Crippen MR) is 96.6 cm³/mol. The number of allylic oxidation sites excluding steroid dienone is 1. The highest BCUT2D eigenvalue weighted by atomic mass is 79.9. The van der Waals surface area contributed by atoms with E-state index >= 15 is 0 Å². The fourth-order valence-electron chi connectivity index (χ4n) is 2.02. The van der Waals surface area contributed by atoms with Crippen molar-refractivity contribution < 1.29 is 9.59 Å². The van der Waals surface area contributed by atoms with Crippen molar-refractivity contribution in [2.75, 3.05) is 10.6 Å². The van der Waals surface area contributed by atoms with Gasteiger partial charge in [0, 0.05) is 34.0 Å². The van der Waals surface area contributed by atoms with Gasteiger partial charge in [-0.25, -0.2) is 0 Å². The van der Waals surface area contributed by atoms with Crippen LogP contribution in [0, 0.1) is 0 Å². The molecule has 0 saturated heterocycles. The average Bonchev–Trinajstić information content (AvgIpc) is 2.49. The Kier molecular flexibility index (Phi) is 5.71. The van der Waals surface area contributed by atoms with Crippen LogP contribution in [0.5, 0.6) is 0 Å². The minimum atomic E-state index is -0.116. The smallest absolute Gasteiger partial charge is 0.221 e. The van der Waals surface area contributed by atoms with Crippen molar-refractivity contribution >= 4 is 39.0 Å². The maximum absolute atomic E-state index is 12.2. The average molecular weight is 373 g/mol. The molecular formula is C18H17BrN2O2. The van der Waals surface area contributed by atoms with Gasteiger partial charge in [-0.3, -0.25) is 9.59 Å². The second-order valence-corrected chi connectivity index (χ2v) is 6.01. The maximum atomic E-state index is 12.2. The molecule has 0 aliphatic carbocycles. The molecule has 0 unspecified atom stereocenters. The van der Waals surface area contributed by atoms with E-state index in [1.165, 1.54) is 6.92 Å². The van der Waals surface area contributed by atoms with Crippen molar-refractivity contribution in [1.82, 2.24) is 0 Å². The molecule has 2 N–H and O–H groups in total. The molecule has 0 fully saturated rings. The number of amides is 1. The quantitative estimate of drug-likeness (QED) is 0.728. The summed E-state index contributed by atoms with van der Waals surface area (Å²) in [4.78, 5) is 23.1. The lowest BCUT2D eigenvalue weighted by atomic mass is 10.1. The number of benzene rings is 2. The van der Waals surface area contributed by atoms with Crippen molar-refractivity contribution in [2.45, 2.75) is 13.3 Å². The van der Waals surface area contributed by atoms with Gasteiger partial charge in [0.05, 0.1) is 6.42 Å². The van der Waals surface area contributed by atoms with Gasteiger partial charge >= 0.3 is 0 Å². The first-order valence-electron chi connectivity index (χ1n) is 7.05. The third-order valence-corrected chi connectivity index (χ3v) is 3.60. The number of rotatable bonds is 6. The van der Waals surface area contributed by atoms with Crippen molar-refractivity contribution in [3.05, 3.63) is 70.8 Å².